The third-order valence-corrected chi connectivity index (χ3v) is 9.02. The summed E-state index contributed by atoms with van der Waals surface area (Å²) in [5, 5.41) is 6.23. The maximum atomic E-state index is 13.1. The van der Waals surface area contributed by atoms with Crippen LogP contribution in [0.1, 0.15) is 32.6 Å². The number of rotatable bonds is 9. The molecule has 1 aromatic heterocycles. The van der Waals surface area contributed by atoms with E-state index >= 15 is 0 Å². The molecule has 1 aliphatic carbocycles. The molecular weight excluding hydrogens is 482 g/mol. The van der Waals surface area contributed by atoms with Gasteiger partial charge in [0.1, 0.15) is 5.82 Å². The second-order valence-electron chi connectivity index (χ2n) is 10.00. The summed E-state index contributed by atoms with van der Waals surface area (Å²) >= 11 is 0. The molecule has 3 aromatic carbocycles. The van der Waals surface area contributed by atoms with E-state index in [1.165, 1.54) is 0 Å². The molecule has 0 spiro atoms. The minimum absolute atomic E-state index is 0.350. The van der Waals surface area contributed by atoms with Crippen molar-refractivity contribution < 1.29 is 8.42 Å². The second kappa shape index (κ2) is 11.0. The molecule has 0 bridgehead atoms. The highest BCUT2D eigenvalue weighted by molar-refractivity contribution is 7.89. The SMILES string of the molecule is CCN(C)c1nc(NCC2CCC(CNS(=O)(=O)c3cccc4ccccc34)CC2)nc2ccccc12. The molecule has 2 N–H and O–H groups in total. The number of sulfonamides is 1. The monoisotopic (exact) mass is 517 g/mol. The summed E-state index contributed by atoms with van der Waals surface area (Å²) in [5.41, 5.74) is 0.942. The molecule has 0 unspecified atom stereocenters. The molecule has 1 aliphatic rings. The number of fused-ring (bicyclic) bond motifs is 2. The van der Waals surface area contributed by atoms with Crippen LogP contribution in [-0.2, 0) is 10.0 Å². The van der Waals surface area contributed by atoms with Crippen molar-refractivity contribution in [3.63, 3.8) is 0 Å². The molecular formula is C29H35N5O2S. The Balaban J connectivity index is 1.16. The van der Waals surface area contributed by atoms with Gasteiger partial charge in [0.15, 0.2) is 0 Å². The molecule has 194 valence electrons. The molecule has 1 saturated carbocycles. The molecule has 8 heteroatoms. The normalized spacial score (nSPS) is 18.2. The molecule has 0 aliphatic heterocycles. The summed E-state index contributed by atoms with van der Waals surface area (Å²) in [5.74, 6) is 2.48. The Morgan fingerprint density at radius 2 is 1.49 bits per heavy atom. The first kappa shape index (κ1) is 25.4. The van der Waals surface area contributed by atoms with E-state index in [4.69, 9.17) is 9.97 Å². The fraction of sp³-hybridized carbons (Fsp3) is 0.379. The van der Waals surface area contributed by atoms with Gasteiger partial charge >= 0.3 is 0 Å². The zero-order valence-corrected chi connectivity index (χ0v) is 22.3. The predicted molar refractivity (Wildman–Crippen MR) is 152 cm³/mol. The van der Waals surface area contributed by atoms with Gasteiger partial charge in [-0.3, -0.25) is 0 Å². The van der Waals surface area contributed by atoms with Gasteiger partial charge in [0.05, 0.1) is 10.4 Å². The van der Waals surface area contributed by atoms with Crippen molar-refractivity contribution in [2.45, 2.75) is 37.5 Å². The molecule has 1 heterocycles. The fourth-order valence-corrected chi connectivity index (χ4v) is 6.53. The number of hydrogen-bond acceptors (Lipinski definition) is 6. The molecule has 4 aromatic rings. The summed E-state index contributed by atoms with van der Waals surface area (Å²) in [7, 11) is -1.51. The average molecular weight is 518 g/mol. The van der Waals surface area contributed by atoms with Gasteiger partial charge in [-0.05, 0) is 68.0 Å². The molecule has 37 heavy (non-hydrogen) atoms. The molecule has 7 nitrogen and oxygen atoms in total. The van der Waals surface area contributed by atoms with Crippen LogP contribution < -0.4 is 14.9 Å². The first-order valence-corrected chi connectivity index (χ1v) is 14.6. The first-order chi connectivity index (χ1) is 17.9. The minimum Gasteiger partial charge on any atom is -0.359 e. The summed E-state index contributed by atoms with van der Waals surface area (Å²) < 4.78 is 29.0. The van der Waals surface area contributed by atoms with Crippen LogP contribution >= 0.6 is 0 Å². The highest BCUT2D eigenvalue weighted by atomic mass is 32.2. The van der Waals surface area contributed by atoms with E-state index in [1.54, 1.807) is 12.1 Å². The summed E-state index contributed by atoms with van der Waals surface area (Å²) in [6.07, 6.45) is 4.13. The number of benzene rings is 3. The topological polar surface area (TPSA) is 87.2 Å². The molecule has 1 fully saturated rings. The smallest absolute Gasteiger partial charge is 0.241 e. The number of aromatic nitrogens is 2. The predicted octanol–water partition coefficient (Wildman–Crippen LogP) is 5.44. The zero-order valence-electron chi connectivity index (χ0n) is 21.5. The number of anilines is 2. The number of nitrogens with one attached hydrogen (secondary N) is 2. The Bertz CT molecular complexity index is 1480. The molecule has 0 atom stereocenters. The second-order valence-corrected chi connectivity index (χ2v) is 11.7. The number of para-hydroxylation sites is 1. The van der Waals surface area contributed by atoms with E-state index in [0.29, 0.717) is 29.2 Å². The van der Waals surface area contributed by atoms with Crippen molar-refractivity contribution in [2.75, 3.05) is 36.9 Å². The highest BCUT2D eigenvalue weighted by Gasteiger charge is 2.24. The van der Waals surface area contributed by atoms with Gasteiger partial charge in [-0.2, -0.15) is 4.98 Å². The third kappa shape index (κ3) is 5.70. The van der Waals surface area contributed by atoms with Gasteiger partial charge < -0.3 is 10.2 Å². The molecule has 0 radical (unpaired) electrons. The van der Waals surface area contributed by atoms with Gasteiger partial charge in [-0.15, -0.1) is 0 Å². The third-order valence-electron chi connectivity index (χ3n) is 7.54. The van der Waals surface area contributed by atoms with Crippen LogP contribution in [0.3, 0.4) is 0 Å². The Morgan fingerprint density at radius 1 is 0.838 bits per heavy atom. The van der Waals surface area contributed by atoms with Gasteiger partial charge in [0, 0.05) is 37.5 Å². The van der Waals surface area contributed by atoms with E-state index in [2.05, 4.69) is 27.9 Å². The van der Waals surface area contributed by atoms with E-state index in [1.807, 2.05) is 55.6 Å². The van der Waals surface area contributed by atoms with Crippen molar-refractivity contribution in [2.24, 2.45) is 11.8 Å². The Hall–Kier alpha value is -3.23. The minimum atomic E-state index is -3.56. The Labute approximate surface area is 219 Å². The number of hydrogen-bond donors (Lipinski definition) is 2. The van der Waals surface area contributed by atoms with Crippen LogP contribution in [0.25, 0.3) is 21.7 Å². The lowest BCUT2D eigenvalue weighted by Gasteiger charge is -2.29. The Kier molecular flexibility index (Phi) is 7.58. The maximum absolute atomic E-state index is 13.1. The summed E-state index contributed by atoms with van der Waals surface area (Å²) in [4.78, 5) is 12.0. The van der Waals surface area contributed by atoms with E-state index in [9.17, 15) is 8.42 Å². The lowest BCUT2D eigenvalue weighted by Crippen LogP contribution is -2.32. The molecule has 5 rings (SSSR count). The van der Waals surface area contributed by atoms with Crippen molar-refractivity contribution in [3.05, 3.63) is 66.7 Å². The van der Waals surface area contributed by atoms with Crippen molar-refractivity contribution in [1.82, 2.24) is 14.7 Å². The summed E-state index contributed by atoms with van der Waals surface area (Å²) in [6, 6.07) is 21.2. The van der Waals surface area contributed by atoms with E-state index in [-0.39, 0.29) is 0 Å². The fourth-order valence-electron chi connectivity index (χ4n) is 5.19. The van der Waals surface area contributed by atoms with Crippen molar-refractivity contribution >= 4 is 43.5 Å². The lowest BCUT2D eigenvalue weighted by molar-refractivity contribution is 0.284. The van der Waals surface area contributed by atoms with E-state index < -0.39 is 10.0 Å². The average Bonchev–Trinajstić information content (AvgIpc) is 2.94. The number of nitrogens with zero attached hydrogens (tertiary/aromatic N) is 3. The van der Waals surface area contributed by atoms with Crippen LogP contribution in [-0.4, -0.2) is 45.1 Å². The van der Waals surface area contributed by atoms with E-state index in [0.717, 1.165) is 66.3 Å². The van der Waals surface area contributed by atoms with Crippen LogP contribution in [0, 0.1) is 11.8 Å². The largest absolute Gasteiger partial charge is 0.359 e. The van der Waals surface area contributed by atoms with Gasteiger partial charge in [0.2, 0.25) is 16.0 Å². The van der Waals surface area contributed by atoms with Gasteiger partial charge in [-0.25, -0.2) is 18.1 Å². The van der Waals surface area contributed by atoms with Crippen LogP contribution in [0.4, 0.5) is 11.8 Å². The molecule has 0 saturated heterocycles. The van der Waals surface area contributed by atoms with Gasteiger partial charge in [0.25, 0.3) is 0 Å². The zero-order chi connectivity index (χ0) is 25.8. The first-order valence-electron chi connectivity index (χ1n) is 13.1. The maximum Gasteiger partial charge on any atom is 0.241 e. The Morgan fingerprint density at radius 3 is 2.24 bits per heavy atom. The lowest BCUT2D eigenvalue weighted by atomic mass is 9.82. The quantitative estimate of drug-likeness (QED) is 0.308. The van der Waals surface area contributed by atoms with Crippen molar-refractivity contribution in [1.29, 1.82) is 0 Å². The van der Waals surface area contributed by atoms with Crippen LogP contribution in [0.2, 0.25) is 0 Å². The standard InChI is InChI=1S/C29H35N5O2S/c1-3-34(2)28-25-12-6-7-13-26(25)32-29(33-28)30-19-21-15-17-22(18-16-21)20-31-37(35,36)27-14-8-10-23-9-4-5-11-24(23)27/h4-14,21-22,31H,3,15-20H2,1-2H3,(H,30,32,33). The van der Waals surface area contributed by atoms with Crippen LogP contribution in [0.15, 0.2) is 71.6 Å². The molecule has 0 amide bonds. The summed E-state index contributed by atoms with van der Waals surface area (Å²) in [6.45, 7) is 4.29. The van der Waals surface area contributed by atoms with Crippen molar-refractivity contribution in [3.8, 4) is 0 Å². The highest BCUT2D eigenvalue weighted by Crippen LogP contribution is 2.30. The van der Waals surface area contributed by atoms with Crippen LogP contribution in [0.5, 0.6) is 0 Å². The van der Waals surface area contributed by atoms with Gasteiger partial charge in [-0.1, -0.05) is 48.5 Å².